The van der Waals surface area contributed by atoms with Crippen molar-refractivity contribution in [3.63, 3.8) is 0 Å². The van der Waals surface area contributed by atoms with Gasteiger partial charge in [-0.05, 0) is 68.3 Å². The zero-order valence-electron chi connectivity index (χ0n) is 13.1. The molecule has 1 atom stereocenters. The fraction of sp³-hybridized carbons (Fsp3) is 0.611. The second-order valence-electron chi connectivity index (χ2n) is 6.46. The third kappa shape index (κ3) is 4.01. The molecule has 1 aromatic rings. The highest BCUT2D eigenvalue weighted by Gasteiger charge is 2.22. The van der Waals surface area contributed by atoms with E-state index in [1.165, 1.54) is 36.8 Å². The van der Waals surface area contributed by atoms with Crippen LogP contribution in [0, 0.1) is 0 Å². The first kappa shape index (κ1) is 15.3. The number of rotatable bonds is 5. The lowest BCUT2D eigenvalue weighted by Gasteiger charge is -2.32. The van der Waals surface area contributed by atoms with Crippen LogP contribution in [0.15, 0.2) is 18.2 Å². The van der Waals surface area contributed by atoms with Gasteiger partial charge in [0, 0.05) is 13.1 Å². The zero-order chi connectivity index (χ0) is 15.4. The van der Waals surface area contributed by atoms with E-state index < -0.39 is 5.97 Å². The van der Waals surface area contributed by atoms with E-state index in [-0.39, 0.29) is 12.5 Å². The molecule has 1 saturated heterocycles. The van der Waals surface area contributed by atoms with Gasteiger partial charge in [-0.25, -0.2) is 0 Å². The van der Waals surface area contributed by atoms with Gasteiger partial charge < -0.3 is 9.84 Å². The summed E-state index contributed by atoms with van der Waals surface area (Å²) in [7, 11) is 0. The van der Waals surface area contributed by atoms with Crippen molar-refractivity contribution in [3.8, 4) is 5.75 Å². The number of aliphatic carboxylic acids is 1. The maximum absolute atomic E-state index is 10.7. The first-order valence-electron chi connectivity index (χ1n) is 8.43. The molecule has 0 bridgehead atoms. The third-order valence-corrected chi connectivity index (χ3v) is 4.73. The Labute approximate surface area is 132 Å². The predicted molar refractivity (Wildman–Crippen MR) is 85.4 cm³/mol. The van der Waals surface area contributed by atoms with Crippen molar-refractivity contribution in [3.05, 3.63) is 29.3 Å². The summed E-state index contributed by atoms with van der Waals surface area (Å²) >= 11 is 0. The Kier molecular flexibility index (Phi) is 4.98. The Bertz CT molecular complexity index is 529. The Morgan fingerprint density at radius 1 is 1.23 bits per heavy atom. The second-order valence-corrected chi connectivity index (χ2v) is 6.46. The molecule has 2 aliphatic rings. The van der Waals surface area contributed by atoms with Crippen LogP contribution in [0.1, 0.15) is 43.2 Å². The number of fused-ring (bicyclic) bond motifs is 1. The summed E-state index contributed by atoms with van der Waals surface area (Å²) in [5.74, 6) is 0.253. The number of likely N-dealkylation sites (tertiary alicyclic amines) is 1. The number of hydrogen-bond acceptors (Lipinski definition) is 3. The number of nitrogens with zero attached hydrogens (tertiary/aromatic N) is 1. The minimum absolute atomic E-state index is 0.184. The molecular weight excluding hydrogens is 278 g/mol. The van der Waals surface area contributed by atoms with Gasteiger partial charge in [0.1, 0.15) is 11.9 Å². The maximum atomic E-state index is 10.7. The molecule has 0 radical (unpaired) electrons. The quantitative estimate of drug-likeness (QED) is 0.908. The lowest BCUT2D eigenvalue weighted by atomic mass is 9.92. The number of benzene rings is 1. The topological polar surface area (TPSA) is 49.8 Å². The average Bonchev–Trinajstić information content (AvgIpc) is 2.53. The number of aryl methyl sites for hydroxylation is 2. The SMILES string of the molecule is O=C(O)CCN1CCCC(Oc2ccc3c(c2)CCCC3)C1. The molecule has 22 heavy (non-hydrogen) atoms. The van der Waals surface area contributed by atoms with Crippen molar-refractivity contribution in [1.82, 2.24) is 4.90 Å². The lowest BCUT2D eigenvalue weighted by Crippen LogP contribution is -2.41. The van der Waals surface area contributed by atoms with Gasteiger partial charge in [-0.15, -0.1) is 0 Å². The Morgan fingerprint density at radius 2 is 2.05 bits per heavy atom. The van der Waals surface area contributed by atoms with Crippen molar-refractivity contribution in [2.75, 3.05) is 19.6 Å². The fourth-order valence-corrected chi connectivity index (χ4v) is 3.54. The van der Waals surface area contributed by atoms with E-state index >= 15 is 0 Å². The van der Waals surface area contributed by atoms with E-state index in [2.05, 4.69) is 23.1 Å². The molecule has 1 unspecified atom stereocenters. The molecule has 0 saturated carbocycles. The highest BCUT2D eigenvalue weighted by molar-refractivity contribution is 5.66. The summed E-state index contributed by atoms with van der Waals surface area (Å²) in [4.78, 5) is 12.9. The highest BCUT2D eigenvalue weighted by Crippen LogP contribution is 2.27. The molecule has 1 aliphatic heterocycles. The van der Waals surface area contributed by atoms with Crippen LogP contribution in [-0.2, 0) is 17.6 Å². The van der Waals surface area contributed by atoms with Crippen LogP contribution in [0.5, 0.6) is 5.75 Å². The van der Waals surface area contributed by atoms with Crippen LogP contribution < -0.4 is 4.74 Å². The van der Waals surface area contributed by atoms with Crippen molar-refractivity contribution in [2.24, 2.45) is 0 Å². The molecule has 1 fully saturated rings. The number of ether oxygens (including phenoxy) is 1. The summed E-state index contributed by atoms with van der Waals surface area (Å²) in [5, 5.41) is 8.80. The van der Waals surface area contributed by atoms with Gasteiger partial charge in [0.2, 0.25) is 0 Å². The molecule has 4 nitrogen and oxygen atoms in total. The fourth-order valence-electron chi connectivity index (χ4n) is 3.54. The summed E-state index contributed by atoms with van der Waals surface area (Å²) in [6.45, 7) is 2.45. The number of hydrogen-bond donors (Lipinski definition) is 1. The van der Waals surface area contributed by atoms with Crippen LogP contribution in [0.25, 0.3) is 0 Å². The van der Waals surface area contributed by atoms with Gasteiger partial charge >= 0.3 is 5.97 Å². The molecule has 1 aromatic carbocycles. The molecule has 1 heterocycles. The van der Waals surface area contributed by atoms with Crippen molar-refractivity contribution in [1.29, 1.82) is 0 Å². The zero-order valence-corrected chi connectivity index (χ0v) is 13.1. The van der Waals surface area contributed by atoms with Crippen LogP contribution in [-0.4, -0.2) is 41.7 Å². The first-order valence-corrected chi connectivity index (χ1v) is 8.43. The monoisotopic (exact) mass is 303 g/mol. The van der Waals surface area contributed by atoms with Gasteiger partial charge in [-0.2, -0.15) is 0 Å². The van der Waals surface area contributed by atoms with Gasteiger partial charge in [0.25, 0.3) is 0 Å². The van der Waals surface area contributed by atoms with E-state index in [9.17, 15) is 4.79 Å². The van der Waals surface area contributed by atoms with Gasteiger partial charge in [0.05, 0.1) is 6.42 Å². The van der Waals surface area contributed by atoms with Gasteiger partial charge in [-0.3, -0.25) is 9.69 Å². The summed E-state index contributed by atoms with van der Waals surface area (Å²) in [6.07, 6.45) is 7.48. The van der Waals surface area contributed by atoms with E-state index in [1.807, 2.05) is 0 Å². The largest absolute Gasteiger partial charge is 0.489 e. The van der Waals surface area contributed by atoms with Gasteiger partial charge in [-0.1, -0.05) is 6.07 Å². The van der Waals surface area contributed by atoms with Crippen LogP contribution in [0.2, 0.25) is 0 Å². The highest BCUT2D eigenvalue weighted by atomic mass is 16.5. The smallest absolute Gasteiger partial charge is 0.304 e. The molecule has 120 valence electrons. The second kappa shape index (κ2) is 7.14. The number of carboxylic acid groups (broad SMARTS) is 1. The Balaban J connectivity index is 1.57. The minimum atomic E-state index is -0.724. The minimum Gasteiger partial charge on any atom is -0.489 e. The summed E-state index contributed by atoms with van der Waals surface area (Å²) in [5.41, 5.74) is 2.92. The maximum Gasteiger partial charge on any atom is 0.304 e. The molecule has 3 rings (SSSR count). The van der Waals surface area contributed by atoms with Crippen molar-refractivity contribution >= 4 is 5.97 Å². The van der Waals surface area contributed by atoms with Gasteiger partial charge in [0.15, 0.2) is 0 Å². The number of piperidine rings is 1. The molecule has 4 heteroatoms. The average molecular weight is 303 g/mol. The van der Waals surface area contributed by atoms with E-state index in [0.29, 0.717) is 6.54 Å². The van der Waals surface area contributed by atoms with Crippen molar-refractivity contribution in [2.45, 2.75) is 51.0 Å². The summed E-state index contributed by atoms with van der Waals surface area (Å²) in [6, 6.07) is 6.53. The number of carboxylic acids is 1. The van der Waals surface area contributed by atoms with Crippen LogP contribution in [0.3, 0.4) is 0 Å². The molecule has 1 aliphatic carbocycles. The molecular formula is C18H25NO3. The normalized spacial score (nSPS) is 22.1. The van der Waals surface area contributed by atoms with Crippen LogP contribution in [0.4, 0.5) is 0 Å². The lowest BCUT2D eigenvalue weighted by molar-refractivity contribution is -0.137. The van der Waals surface area contributed by atoms with Crippen LogP contribution >= 0.6 is 0 Å². The molecule has 0 amide bonds. The molecule has 1 N–H and O–H groups in total. The third-order valence-electron chi connectivity index (χ3n) is 4.73. The molecule has 0 aromatic heterocycles. The Morgan fingerprint density at radius 3 is 2.86 bits per heavy atom. The van der Waals surface area contributed by atoms with Crippen molar-refractivity contribution < 1.29 is 14.6 Å². The number of carbonyl (C=O) groups is 1. The first-order chi connectivity index (χ1) is 10.7. The summed E-state index contributed by atoms with van der Waals surface area (Å²) < 4.78 is 6.17. The van der Waals surface area contributed by atoms with E-state index in [1.54, 1.807) is 0 Å². The van der Waals surface area contributed by atoms with E-state index in [0.717, 1.165) is 31.7 Å². The Hall–Kier alpha value is -1.55. The molecule has 0 spiro atoms. The standard InChI is InChI=1S/C18H25NO3/c20-18(21)9-11-19-10-3-6-17(13-19)22-16-8-7-14-4-1-2-5-15(14)12-16/h7-8,12,17H,1-6,9-11,13H2,(H,20,21). The predicted octanol–water partition coefficient (Wildman–Crippen LogP) is 2.88. The van der Waals surface area contributed by atoms with E-state index in [4.69, 9.17) is 9.84 Å².